The lowest BCUT2D eigenvalue weighted by Crippen LogP contribution is -2.04. The highest BCUT2D eigenvalue weighted by atomic mass is 32.1. The van der Waals surface area contributed by atoms with Crippen molar-refractivity contribution in [3.63, 3.8) is 0 Å². The molecule has 1 atom stereocenters. The van der Waals surface area contributed by atoms with Gasteiger partial charge in [0.2, 0.25) is 0 Å². The first kappa shape index (κ1) is 8.72. The maximum Gasteiger partial charge on any atom is 0.336 e. The van der Waals surface area contributed by atoms with Crippen LogP contribution in [0.2, 0.25) is 0 Å². The molecule has 1 aromatic rings. The number of carboxylic acids is 1. The minimum Gasteiger partial charge on any atom is -0.478 e. The van der Waals surface area contributed by atoms with Crippen LogP contribution in [0.3, 0.4) is 0 Å². The van der Waals surface area contributed by atoms with Gasteiger partial charge in [0.25, 0.3) is 0 Å². The molecule has 1 saturated heterocycles. The van der Waals surface area contributed by atoms with Gasteiger partial charge in [-0.3, -0.25) is 0 Å². The fourth-order valence-electron chi connectivity index (χ4n) is 1.58. The molecule has 0 amide bonds. The van der Waals surface area contributed by atoms with Crippen LogP contribution in [-0.4, -0.2) is 24.3 Å². The molecule has 0 spiro atoms. The molecule has 4 heteroatoms. The zero-order chi connectivity index (χ0) is 9.26. The minimum atomic E-state index is -0.830. The van der Waals surface area contributed by atoms with E-state index in [0.717, 1.165) is 18.6 Å². The summed E-state index contributed by atoms with van der Waals surface area (Å²) in [5.41, 5.74) is 1.38. The number of thiophene rings is 1. The van der Waals surface area contributed by atoms with Gasteiger partial charge in [0.1, 0.15) is 0 Å². The van der Waals surface area contributed by atoms with Crippen LogP contribution in [0.15, 0.2) is 10.8 Å². The first-order chi connectivity index (χ1) is 6.29. The van der Waals surface area contributed by atoms with Crippen molar-refractivity contribution < 1.29 is 14.6 Å². The Morgan fingerprint density at radius 2 is 2.46 bits per heavy atom. The Labute approximate surface area is 80.0 Å². The van der Waals surface area contributed by atoms with E-state index < -0.39 is 5.97 Å². The maximum absolute atomic E-state index is 10.8. The van der Waals surface area contributed by atoms with Crippen LogP contribution in [0.25, 0.3) is 0 Å². The van der Waals surface area contributed by atoms with E-state index in [1.54, 1.807) is 5.38 Å². The van der Waals surface area contributed by atoms with Crippen LogP contribution < -0.4 is 0 Å². The van der Waals surface area contributed by atoms with E-state index in [1.807, 2.05) is 5.38 Å². The number of rotatable bonds is 2. The Balaban J connectivity index is 2.28. The van der Waals surface area contributed by atoms with Crippen LogP contribution in [0.5, 0.6) is 0 Å². The van der Waals surface area contributed by atoms with Gasteiger partial charge in [-0.05, 0) is 17.4 Å². The summed E-state index contributed by atoms with van der Waals surface area (Å²) >= 11 is 1.44. The number of hydrogen-bond donors (Lipinski definition) is 1. The normalized spacial score (nSPS) is 22.0. The molecule has 0 radical (unpaired) electrons. The summed E-state index contributed by atoms with van der Waals surface area (Å²) in [6.45, 7) is 1.41. The SMILES string of the molecule is O=C(O)c1cscc1C1CCOC1. The lowest BCUT2D eigenvalue weighted by atomic mass is 9.98. The minimum absolute atomic E-state index is 0.289. The van der Waals surface area contributed by atoms with Crippen LogP contribution >= 0.6 is 11.3 Å². The smallest absolute Gasteiger partial charge is 0.336 e. The Kier molecular flexibility index (Phi) is 2.33. The predicted octanol–water partition coefficient (Wildman–Crippen LogP) is 1.95. The van der Waals surface area contributed by atoms with Crippen LogP contribution in [0, 0.1) is 0 Å². The van der Waals surface area contributed by atoms with Gasteiger partial charge in [0.15, 0.2) is 0 Å². The van der Waals surface area contributed by atoms with Crippen molar-refractivity contribution in [2.45, 2.75) is 12.3 Å². The van der Waals surface area contributed by atoms with Gasteiger partial charge in [-0.1, -0.05) is 0 Å². The Bertz CT molecular complexity index is 312. The Morgan fingerprint density at radius 3 is 3.08 bits per heavy atom. The lowest BCUT2D eigenvalue weighted by molar-refractivity contribution is 0.0695. The van der Waals surface area contributed by atoms with Gasteiger partial charge in [-0.2, -0.15) is 11.3 Å². The number of aromatic carboxylic acids is 1. The van der Waals surface area contributed by atoms with Gasteiger partial charge in [0, 0.05) is 17.9 Å². The molecular weight excluding hydrogens is 188 g/mol. The highest BCUT2D eigenvalue weighted by molar-refractivity contribution is 7.08. The van der Waals surface area contributed by atoms with Crippen molar-refractivity contribution in [3.05, 3.63) is 21.9 Å². The van der Waals surface area contributed by atoms with Gasteiger partial charge in [-0.25, -0.2) is 4.79 Å². The average molecular weight is 198 g/mol. The molecule has 1 aromatic heterocycles. The second-order valence-corrected chi connectivity index (χ2v) is 3.85. The molecule has 0 aliphatic carbocycles. The van der Waals surface area contributed by atoms with Crippen molar-refractivity contribution in [2.75, 3.05) is 13.2 Å². The van der Waals surface area contributed by atoms with Crippen molar-refractivity contribution in [1.29, 1.82) is 0 Å². The van der Waals surface area contributed by atoms with Crippen molar-refractivity contribution >= 4 is 17.3 Å². The fourth-order valence-corrected chi connectivity index (χ4v) is 2.48. The third kappa shape index (κ3) is 1.59. The number of carbonyl (C=O) groups is 1. The first-order valence-electron chi connectivity index (χ1n) is 4.16. The monoisotopic (exact) mass is 198 g/mol. The van der Waals surface area contributed by atoms with E-state index in [1.165, 1.54) is 11.3 Å². The summed E-state index contributed by atoms with van der Waals surface area (Å²) in [5.74, 6) is -0.541. The molecule has 1 unspecified atom stereocenters. The van der Waals surface area contributed by atoms with Crippen molar-refractivity contribution in [2.24, 2.45) is 0 Å². The molecule has 2 heterocycles. The maximum atomic E-state index is 10.8. The highest BCUT2D eigenvalue weighted by Crippen LogP contribution is 2.30. The molecule has 1 N–H and O–H groups in total. The second-order valence-electron chi connectivity index (χ2n) is 3.11. The number of hydrogen-bond acceptors (Lipinski definition) is 3. The molecule has 1 aliphatic heterocycles. The molecule has 0 bridgehead atoms. The third-order valence-corrected chi connectivity index (χ3v) is 3.05. The van der Waals surface area contributed by atoms with Gasteiger partial charge < -0.3 is 9.84 Å². The van der Waals surface area contributed by atoms with E-state index in [2.05, 4.69) is 0 Å². The Hall–Kier alpha value is -0.870. The standard InChI is InChI=1S/C9H10O3S/c10-9(11)8-5-13-4-7(8)6-1-2-12-3-6/h4-6H,1-3H2,(H,10,11). The van der Waals surface area contributed by atoms with E-state index in [0.29, 0.717) is 12.2 Å². The largest absolute Gasteiger partial charge is 0.478 e. The van der Waals surface area contributed by atoms with Gasteiger partial charge in [0.05, 0.1) is 12.2 Å². The van der Waals surface area contributed by atoms with Crippen LogP contribution in [0.1, 0.15) is 28.3 Å². The number of ether oxygens (including phenoxy) is 1. The summed E-state index contributed by atoms with van der Waals surface area (Å²) in [5, 5.41) is 12.5. The second kappa shape index (κ2) is 3.47. The summed E-state index contributed by atoms with van der Waals surface area (Å²) in [7, 11) is 0. The summed E-state index contributed by atoms with van der Waals surface area (Å²) in [6, 6.07) is 0. The van der Waals surface area contributed by atoms with Crippen LogP contribution in [0.4, 0.5) is 0 Å². The van der Waals surface area contributed by atoms with Gasteiger partial charge in [-0.15, -0.1) is 0 Å². The van der Waals surface area contributed by atoms with Gasteiger partial charge >= 0.3 is 5.97 Å². The lowest BCUT2D eigenvalue weighted by Gasteiger charge is -2.05. The predicted molar refractivity (Wildman–Crippen MR) is 49.5 cm³/mol. The summed E-state index contributed by atoms with van der Waals surface area (Å²) < 4.78 is 5.23. The molecule has 0 aromatic carbocycles. The molecule has 70 valence electrons. The number of carboxylic acid groups (broad SMARTS) is 1. The van der Waals surface area contributed by atoms with E-state index in [-0.39, 0.29) is 5.92 Å². The molecule has 2 rings (SSSR count). The first-order valence-corrected chi connectivity index (χ1v) is 5.10. The molecule has 1 aliphatic rings. The molecule has 0 saturated carbocycles. The van der Waals surface area contributed by atoms with E-state index in [4.69, 9.17) is 9.84 Å². The zero-order valence-corrected chi connectivity index (χ0v) is 7.84. The fraction of sp³-hybridized carbons (Fsp3) is 0.444. The van der Waals surface area contributed by atoms with Crippen LogP contribution in [-0.2, 0) is 4.74 Å². The van der Waals surface area contributed by atoms with Crippen molar-refractivity contribution in [1.82, 2.24) is 0 Å². The molecular formula is C9H10O3S. The quantitative estimate of drug-likeness (QED) is 0.790. The Morgan fingerprint density at radius 1 is 1.62 bits per heavy atom. The summed E-state index contributed by atoms with van der Waals surface area (Å²) in [4.78, 5) is 10.8. The van der Waals surface area contributed by atoms with Crippen molar-refractivity contribution in [3.8, 4) is 0 Å². The summed E-state index contributed by atoms with van der Waals surface area (Å²) in [6.07, 6.45) is 0.941. The highest BCUT2D eigenvalue weighted by Gasteiger charge is 2.23. The third-order valence-electron chi connectivity index (χ3n) is 2.29. The average Bonchev–Trinajstić information content (AvgIpc) is 2.74. The topological polar surface area (TPSA) is 46.5 Å². The molecule has 13 heavy (non-hydrogen) atoms. The molecule has 1 fully saturated rings. The van der Waals surface area contributed by atoms with E-state index >= 15 is 0 Å². The van der Waals surface area contributed by atoms with E-state index in [9.17, 15) is 4.79 Å². The zero-order valence-electron chi connectivity index (χ0n) is 7.03. The molecule has 3 nitrogen and oxygen atoms in total.